The van der Waals surface area contributed by atoms with Crippen molar-refractivity contribution in [3.8, 4) is 0 Å². The molecule has 28 heavy (non-hydrogen) atoms. The predicted molar refractivity (Wildman–Crippen MR) is 111 cm³/mol. The number of carbonyl (C=O) groups is 2. The summed E-state index contributed by atoms with van der Waals surface area (Å²) in [6.45, 7) is 0.872. The fourth-order valence-electron chi connectivity index (χ4n) is 3.00. The van der Waals surface area contributed by atoms with Crippen LogP contribution in [0.5, 0.6) is 0 Å². The van der Waals surface area contributed by atoms with Crippen molar-refractivity contribution in [3.63, 3.8) is 0 Å². The summed E-state index contributed by atoms with van der Waals surface area (Å²) in [6, 6.07) is 0. The molecule has 0 aliphatic carbocycles. The van der Waals surface area contributed by atoms with Crippen molar-refractivity contribution in [2.75, 3.05) is 13.2 Å². The number of hydrogen-bond donors (Lipinski definition) is 1. The Morgan fingerprint density at radius 2 is 1.43 bits per heavy atom. The average molecular weight is 475 g/mol. The number of rotatable bonds is 6. The standard InChI is InChI=1S/C14H26O9SSi2.2Na.2H/c15-11(22-13(25)5-1-3-7-20-13)9-10(24(17,18)19)12(16)23-14(26)6-2-4-8-21-14;;;;/h10H,1-9H2,25-26H3,(H,17,18,19);;;;. The maximum absolute atomic E-state index is 12.3. The molecule has 2 aliphatic heterocycles. The van der Waals surface area contributed by atoms with E-state index in [9.17, 15) is 22.6 Å². The summed E-state index contributed by atoms with van der Waals surface area (Å²) < 4.78 is 54.0. The summed E-state index contributed by atoms with van der Waals surface area (Å²) in [5.74, 6) is -2.12. The summed E-state index contributed by atoms with van der Waals surface area (Å²) in [6.07, 6.45) is 3.48. The van der Waals surface area contributed by atoms with Crippen molar-refractivity contribution in [2.45, 2.75) is 61.0 Å². The van der Waals surface area contributed by atoms with Gasteiger partial charge >= 0.3 is 71.1 Å². The third kappa shape index (κ3) is 9.14. The van der Waals surface area contributed by atoms with E-state index in [1.54, 1.807) is 0 Å². The molecule has 0 spiro atoms. The molecule has 0 aromatic heterocycles. The minimum absolute atomic E-state index is 0. The van der Waals surface area contributed by atoms with E-state index in [-0.39, 0.29) is 59.1 Å². The molecule has 154 valence electrons. The van der Waals surface area contributed by atoms with Gasteiger partial charge in [0.1, 0.15) is 0 Å². The van der Waals surface area contributed by atoms with Crippen LogP contribution in [-0.2, 0) is 38.7 Å². The first-order valence-electron chi connectivity index (χ1n) is 8.72. The topological polar surface area (TPSA) is 125 Å². The third-order valence-corrected chi connectivity index (χ3v) is 7.55. The summed E-state index contributed by atoms with van der Waals surface area (Å²) >= 11 is 0. The van der Waals surface area contributed by atoms with Crippen LogP contribution in [0.3, 0.4) is 0 Å². The Bertz CT molecular complexity index is 635. The Morgan fingerprint density at radius 3 is 1.82 bits per heavy atom. The van der Waals surface area contributed by atoms with Crippen molar-refractivity contribution >= 4 is 102 Å². The SMILES string of the molecule is O=C(CC(C(=O)OC1([SiH3])CCCCO1)S(=O)(=O)O)OC1([SiH3])CCCCO1.[NaH].[NaH]. The summed E-state index contributed by atoms with van der Waals surface area (Å²) in [4.78, 5) is 24.5. The van der Waals surface area contributed by atoms with Crippen molar-refractivity contribution in [1.29, 1.82) is 0 Å². The van der Waals surface area contributed by atoms with Crippen LogP contribution >= 0.6 is 0 Å². The van der Waals surface area contributed by atoms with Crippen LogP contribution in [0.2, 0.25) is 0 Å². The predicted octanol–water partition coefficient (Wildman–Crippen LogP) is -3.14. The fraction of sp³-hybridized carbons (Fsp3) is 0.857. The monoisotopic (exact) mass is 474 g/mol. The molecule has 2 aliphatic rings. The number of carbonyl (C=O) groups excluding carboxylic acids is 2. The maximum atomic E-state index is 12.3. The first-order valence-corrected chi connectivity index (χ1v) is 12.2. The van der Waals surface area contributed by atoms with Gasteiger partial charge in [0, 0.05) is 12.8 Å². The second-order valence-electron chi connectivity index (χ2n) is 6.98. The molecule has 2 heterocycles. The Balaban J connectivity index is 0.00000364. The molecule has 0 bridgehead atoms. The summed E-state index contributed by atoms with van der Waals surface area (Å²) in [7, 11) is -4.09. The van der Waals surface area contributed by atoms with Gasteiger partial charge in [-0.15, -0.1) is 0 Å². The van der Waals surface area contributed by atoms with Gasteiger partial charge in [0.2, 0.25) is 0 Å². The van der Waals surface area contributed by atoms with Crippen LogP contribution in [0.15, 0.2) is 0 Å². The average Bonchev–Trinajstić information content (AvgIpc) is 2.52. The van der Waals surface area contributed by atoms with Crippen molar-refractivity contribution in [2.24, 2.45) is 0 Å². The summed E-state index contributed by atoms with van der Waals surface area (Å²) in [5.41, 5.74) is -2.15. The molecule has 0 radical (unpaired) electrons. The molecular formula is C14H28Na2O9SSi2. The van der Waals surface area contributed by atoms with E-state index in [1.165, 1.54) is 0 Å². The van der Waals surface area contributed by atoms with Gasteiger partial charge < -0.3 is 18.9 Å². The van der Waals surface area contributed by atoms with Gasteiger partial charge in [0.25, 0.3) is 10.1 Å². The summed E-state index contributed by atoms with van der Waals surface area (Å²) in [5, 5.41) is -2.04. The van der Waals surface area contributed by atoms with Crippen molar-refractivity contribution < 1.29 is 41.5 Å². The second kappa shape index (κ2) is 12.3. The van der Waals surface area contributed by atoms with Crippen LogP contribution in [0.1, 0.15) is 44.9 Å². The molecule has 3 atom stereocenters. The molecule has 1 N–H and O–H groups in total. The Kier molecular flexibility index (Phi) is 12.8. The third-order valence-electron chi connectivity index (χ3n) is 4.49. The first-order chi connectivity index (χ1) is 12.0. The van der Waals surface area contributed by atoms with Gasteiger partial charge in [-0.2, -0.15) is 8.42 Å². The van der Waals surface area contributed by atoms with Crippen LogP contribution in [-0.4, -0.2) is 134 Å². The van der Waals surface area contributed by atoms with Gasteiger partial charge in [-0.1, -0.05) is 0 Å². The molecule has 2 rings (SSSR count). The molecule has 2 saturated heterocycles. The Labute approximate surface area is 215 Å². The molecule has 0 aromatic carbocycles. The number of ether oxygens (including phenoxy) is 4. The molecule has 2 fully saturated rings. The molecule has 0 amide bonds. The van der Waals surface area contributed by atoms with E-state index in [1.807, 2.05) is 0 Å². The molecule has 0 saturated carbocycles. The van der Waals surface area contributed by atoms with Gasteiger partial charge in [-0.05, 0) is 25.7 Å². The fourth-order valence-corrected chi connectivity index (χ4v) is 5.18. The molecule has 0 aromatic rings. The Morgan fingerprint density at radius 1 is 0.964 bits per heavy atom. The quantitative estimate of drug-likeness (QED) is 0.241. The van der Waals surface area contributed by atoms with Gasteiger partial charge in [0.05, 0.1) is 40.1 Å². The Hall–Kier alpha value is 1.20. The molecular weight excluding hydrogens is 446 g/mol. The molecule has 14 heteroatoms. The van der Waals surface area contributed by atoms with E-state index in [4.69, 9.17) is 18.9 Å². The van der Waals surface area contributed by atoms with Gasteiger partial charge in [0.15, 0.2) is 16.1 Å². The van der Waals surface area contributed by atoms with E-state index in [0.29, 0.717) is 46.5 Å². The van der Waals surface area contributed by atoms with Gasteiger partial charge in [-0.3, -0.25) is 14.1 Å². The zero-order chi connectivity index (χ0) is 19.4. The van der Waals surface area contributed by atoms with E-state index < -0.39 is 44.5 Å². The number of esters is 2. The van der Waals surface area contributed by atoms with Crippen molar-refractivity contribution in [3.05, 3.63) is 0 Å². The zero-order valence-electron chi connectivity index (χ0n) is 15.1. The molecule has 3 unspecified atom stereocenters. The van der Waals surface area contributed by atoms with E-state index in [0.717, 1.165) is 25.7 Å². The zero-order valence-corrected chi connectivity index (χ0v) is 19.9. The van der Waals surface area contributed by atoms with Crippen LogP contribution in [0, 0.1) is 0 Å². The number of hydrogen-bond acceptors (Lipinski definition) is 8. The minimum atomic E-state index is -4.84. The van der Waals surface area contributed by atoms with Gasteiger partial charge in [-0.25, -0.2) is 0 Å². The molecule has 9 nitrogen and oxygen atoms in total. The normalized spacial score (nSPS) is 29.0. The van der Waals surface area contributed by atoms with Crippen molar-refractivity contribution in [1.82, 2.24) is 0 Å². The van der Waals surface area contributed by atoms with Crippen LogP contribution in [0.25, 0.3) is 0 Å². The first kappa shape index (κ1) is 29.2. The van der Waals surface area contributed by atoms with Crippen LogP contribution in [0.4, 0.5) is 0 Å². The second-order valence-corrected chi connectivity index (χ2v) is 11.6. The van der Waals surface area contributed by atoms with E-state index in [2.05, 4.69) is 0 Å². The van der Waals surface area contributed by atoms with Crippen LogP contribution < -0.4 is 0 Å². The van der Waals surface area contributed by atoms with E-state index >= 15 is 0 Å².